The lowest BCUT2D eigenvalue weighted by Crippen LogP contribution is -2.17. The molecule has 1 heterocycles. The van der Waals surface area contributed by atoms with Gasteiger partial charge in [-0.25, -0.2) is 0 Å². The maximum Gasteiger partial charge on any atom is 0.0638 e. The average molecular weight is 239 g/mol. The highest BCUT2D eigenvalue weighted by Crippen LogP contribution is 2.08. The second-order valence-corrected chi connectivity index (χ2v) is 4.41. The molecule has 0 radical (unpaired) electrons. The van der Waals surface area contributed by atoms with Gasteiger partial charge in [-0.1, -0.05) is 13.3 Å². The molecule has 4 nitrogen and oxygen atoms in total. The summed E-state index contributed by atoms with van der Waals surface area (Å²) in [4.78, 5) is 0. The monoisotopic (exact) mass is 239 g/mol. The van der Waals surface area contributed by atoms with Gasteiger partial charge < -0.3 is 10.1 Å². The molecule has 1 aromatic rings. The Balaban J connectivity index is 2.01. The Kier molecular flexibility index (Phi) is 6.89. The molecule has 0 aromatic carbocycles. The normalized spacial score (nSPS) is 11.0. The van der Waals surface area contributed by atoms with Crippen LogP contribution in [0.5, 0.6) is 0 Å². The van der Waals surface area contributed by atoms with Crippen LogP contribution in [0.2, 0.25) is 0 Å². The molecule has 0 atom stereocenters. The summed E-state index contributed by atoms with van der Waals surface area (Å²) in [5.74, 6) is 0. The number of hydrogen-bond acceptors (Lipinski definition) is 3. The van der Waals surface area contributed by atoms with Crippen LogP contribution in [0.1, 0.15) is 43.1 Å². The van der Waals surface area contributed by atoms with E-state index in [-0.39, 0.29) is 0 Å². The quantitative estimate of drug-likeness (QED) is 0.650. The van der Waals surface area contributed by atoms with Crippen LogP contribution in [-0.2, 0) is 11.3 Å². The van der Waals surface area contributed by atoms with Crippen molar-refractivity contribution < 1.29 is 4.74 Å². The van der Waals surface area contributed by atoms with E-state index >= 15 is 0 Å². The molecule has 1 rings (SSSR count). The predicted molar refractivity (Wildman–Crippen MR) is 70.1 cm³/mol. The van der Waals surface area contributed by atoms with Gasteiger partial charge >= 0.3 is 0 Å². The summed E-state index contributed by atoms with van der Waals surface area (Å²) in [6.45, 7) is 9.92. The van der Waals surface area contributed by atoms with Crippen molar-refractivity contribution in [2.24, 2.45) is 0 Å². The molecule has 0 aliphatic heterocycles. The number of nitrogens with zero attached hydrogens (tertiary/aromatic N) is 1. The highest BCUT2D eigenvalue weighted by molar-refractivity contribution is 5.22. The summed E-state index contributed by atoms with van der Waals surface area (Å²) in [7, 11) is 0. The lowest BCUT2D eigenvalue weighted by Gasteiger charge is -2.06. The molecule has 0 spiro atoms. The summed E-state index contributed by atoms with van der Waals surface area (Å²) in [6.07, 6.45) is 3.44. The Morgan fingerprint density at radius 2 is 2.00 bits per heavy atom. The zero-order valence-electron chi connectivity index (χ0n) is 11.3. The minimum atomic E-state index is 0.857. The molecule has 2 N–H and O–H groups in total. The molecule has 1 aromatic heterocycles. The van der Waals surface area contributed by atoms with E-state index in [1.165, 1.54) is 18.4 Å². The maximum absolute atomic E-state index is 5.50. The summed E-state index contributed by atoms with van der Waals surface area (Å²) in [5.41, 5.74) is 3.54. The van der Waals surface area contributed by atoms with Gasteiger partial charge in [-0.3, -0.25) is 5.10 Å². The summed E-state index contributed by atoms with van der Waals surface area (Å²) in [5, 5.41) is 10.6. The van der Waals surface area contributed by atoms with Gasteiger partial charge in [-0.05, 0) is 33.2 Å². The van der Waals surface area contributed by atoms with Gasteiger partial charge in [0.05, 0.1) is 5.69 Å². The standard InChI is InChI=1S/C13H25N3O/c1-4-5-8-17-9-6-7-14-10-13-11(2)15-16-12(13)3/h14H,4-10H2,1-3H3,(H,15,16). The molecule has 0 aliphatic rings. The molecule has 0 aliphatic carbocycles. The second-order valence-electron chi connectivity index (χ2n) is 4.41. The molecule has 17 heavy (non-hydrogen) atoms. The number of H-pyrrole nitrogens is 1. The van der Waals surface area contributed by atoms with E-state index in [0.29, 0.717) is 0 Å². The highest BCUT2D eigenvalue weighted by Gasteiger charge is 2.04. The molecule has 0 bridgehead atoms. The fourth-order valence-corrected chi connectivity index (χ4v) is 1.70. The number of hydrogen-bond donors (Lipinski definition) is 2. The topological polar surface area (TPSA) is 49.9 Å². The SMILES string of the molecule is CCCCOCCCNCc1c(C)n[nH]c1C. The van der Waals surface area contributed by atoms with E-state index < -0.39 is 0 Å². The zero-order chi connectivity index (χ0) is 12.5. The first kappa shape index (κ1) is 14.2. The van der Waals surface area contributed by atoms with Crippen molar-refractivity contribution in [2.75, 3.05) is 19.8 Å². The first-order valence-corrected chi connectivity index (χ1v) is 6.54. The first-order chi connectivity index (χ1) is 8.25. The fourth-order valence-electron chi connectivity index (χ4n) is 1.70. The van der Waals surface area contributed by atoms with Crippen molar-refractivity contribution >= 4 is 0 Å². The van der Waals surface area contributed by atoms with Gasteiger partial charge in [0.25, 0.3) is 0 Å². The summed E-state index contributed by atoms with van der Waals surface area (Å²) >= 11 is 0. The van der Waals surface area contributed by atoms with Gasteiger partial charge in [0.1, 0.15) is 0 Å². The van der Waals surface area contributed by atoms with Gasteiger partial charge in [-0.2, -0.15) is 5.10 Å². The lowest BCUT2D eigenvalue weighted by atomic mass is 10.2. The van der Waals surface area contributed by atoms with Crippen molar-refractivity contribution in [2.45, 2.75) is 46.6 Å². The van der Waals surface area contributed by atoms with Gasteiger partial charge in [0.2, 0.25) is 0 Å². The Morgan fingerprint density at radius 3 is 2.65 bits per heavy atom. The van der Waals surface area contributed by atoms with Gasteiger partial charge in [0, 0.05) is 31.0 Å². The van der Waals surface area contributed by atoms with E-state index in [1.807, 2.05) is 6.92 Å². The molecule has 0 unspecified atom stereocenters. The Morgan fingerprint density at radius 1 is 1.24 bits per heavy atom. The molecular formula is C13H25N3O. The van der Waals surface area contributed by atoms with Crippen LogP contribution >= 0.6 is 0 Å². The molecule has 4 heteroatoms. The Hall–Kier alpha value is -0.870. The first-order valence-electron chi connectivity index (χ1n) is 6.54. The van der Waals surface area contributed by atoms with Crippen LogP contribution < -0.4 is 5.32 Å². The van der Waals surface area contributed by atoms with Crippen LogP contribution in [0, 0.1) is 13.8 Å². The third kappa shape index (κ3) is 5.33. The number of rotatable bonds is 9. The van der Waals surface area contributed by atoms with E-state index in [2.05, 4.69) is 29.4 Å². The minimum absolute atomic E-state index is 0.857. The summed E-state index contributed by atoms with van der Waals surface area (Å²) < 4.78 is 5.50. The van der Waals surface area contributed by atoms with Crippen LogP contribution in [0.25, 0.3) is 0 Å². The number of aromatic amines is 1. The predicted octanol–water partition coefficient (Wildman–Crippen LogP) is 2.32. The second kappa shape index (κ2) is 8.25. The van der Waals surface area contributed by atoms with E-state index in [4.69, 9.17) is 4.74 Å². The smallest absolute Gasteiger partial charge is 0.0638 e. The molecular weight excluding hydrogens is 214 g/mol. The number of ether oxygens (including phenoxy) is 1. The van der Waals surface area contributed by atoms with Crippen molar-refractivity contribution in [1.82, 2.24) is 15.5 Å². The van der Waals surface area contributed by atoms with Crippen LogP contribution in [0.4, 0.5) is 0 Å². The average Bonchev–Trinajstić information content (AvgIpc) is 2.63. The van der Waals surface area contributed by atoms with E-state index in [1.54, 1.807) is 0 Å². The molecule has 0 saturated carbocycles. The largest absolute Gasteiger partial charge is 0.381 e. The molecule has 98 valence electrons. The summed E-state index contributed by atoms with van der Waals surface area (Å²) in [6, 6.07) is 0. The minimum Gasteiger partial charge on any atom is -0.381 e. The Labute approximate surface area is 104 Å². The third-order valence-corrected chi connectivity index (χ3v) is 2.87. The van der Waals surface area contributed by atoms with E-state index in [9.17, 15) is 0 Å². The number of aryl methyl sites for hydroxylation is 2. The van der Waals surface area contributed by atoms with Gasteiger partial charge in [-0.15, -0.1) is 0 Å². The van der Waals surface area contributed by atoms with Crippen LogP contribution in [-0.4, -0.2) is 30.0 Å². The van der Waals surface area contributed by atoms with Crippen molar-refractivity contribution in [3.8, 4) is 0 Å². The number of unbranched alkanes of at least 4 members (excludes halogenated alkanes) is 1. The van der Waals surface area contributed by atoms with Crippen LogP contribution in [0.15, 0.2) is 0 Å². The van der Waals surface area contributed by atoms with Crippen molar-refractivity contribution in [3.05, 3.63) is 17.0 Å². The molecule has 0 saturated heterocycles. The lowest BCUT2D eigenvalue weighted by molar-refractivity contribution is 0.129. The highest BCUT2D eigenvalue weighted by atomic mass is 16.5. The maximum atomic E-state index is 5.50. The van der Waals surface area contributed by atoms with Crippen LogP contribution in [0.3, 0.4) is 0 Å². The Bertz CT molecular complexity index is 290. The van der Waals surface area contributed by atoms with E-state index in [0.717, 1.165) is 44.1 Å². The van der Waals surface area contributed by atoms with Crippen molar-refractivity contribution in [1.29, 1.82) is 0 Å². The fraction of sp³-hybridized carbons (Fsp3) is 0.769. The molecule has 0 fully saturated rings. The number of aromatic nitrogens is 2. The molecule has 0 amide bonds. The van der Waals surface area contributed by atoms with Crippen molar-refractivity contribution in [3.63, 3.8) is 0 Å². The van der Waals surface area contributed by atoms with Gasteiger partial charge in [0.15, 0.2) is 0 Å². The third-order valence-electron chi connectivity index (χ3n) is 2.87. The zero-order valence-corrected chi connectivity index (χ0v) is 11.3. The number of nitrogens with one attached hydrogen (secondary N) is 2.